The fourth-order valence-electron chi connectivity index (χ4n) is 2.97. The van der Waals surface area contributed by atoms with Gasteiger partial charge in [0.25, 0.3) is 15.6 Å². The van der Waals surface area contributed by atoms with Gasteiger partial charge in [0, 0.05) is 18.4 Å². The van der Waals surface area contributed by atoms with Gasteiger partial charge in [-0.1, -0.05) is 18.2 Å². The molecular weight excluding hydrogens is 396 g/mol. The molecule has 3 aromatic rings. The van der Waals surface area contributed by atoms with Crippen LogP contribution in [0.3, 0.4) is 0 Å². The number of anilines is 1. The van der Waals surface area contributed by atoms with E-state index in [0.717, 1.165) is 4.68 Å². The molecule has 0 saturated heterocycles. The molecule has 0 unspecified atom stereocenters. The van der Waals surface area contributed by atoms with Crippen molar-refractivity contribution in [3.8, 4) is 5.82 Å². The topological polar surface area (TPSA) is 125 Å². The summed E-state index contributed by atoms with van der Waals surface area (Å²) in [6.45, 7) is 3.56. The molecule has 152 valence electrons. The van der Waals surface area contributed by atoms with Gasteiger partial charge in [0.15, 0.2) is 5.82 Å². The number of carboxylic acid groups (broad SMARTS) is 1. The van der Waals surface area contributed by atoms with Crippen LogP contribution < -0.4 is 9.86 Å². The number of aromatic nitrogens is 3. The zero-order valence-electron chi connectivity index (χ0n) is 15.9. The van der Waals surface area contributed by atoms with E-state index >= 15 is 0 Å². The molecule has 2 aromatic heterocycles. The van der Waals surface area contributed by atoms with Gasteiger partial charge in [-0.05, 0) is 38.1 Å². The number of hydrogen-bond acceptors (Lipinski definition) is 5. The third-order valence-electron chi connectivity index (χ3n) is 4.39. The van der Waals surface area contributed by atoms with Gasteiger partial charge in [0.2, 0.25) is 0 Å². The van der Waals surface area contributed by atoms with Crippen LogP contribution in [0.15, 0.2) is 58.4 Å². The van der Waals surface area contributed by atoms with Crippen LogP contribution in [0.2, 0.25) is 0 Å². The van der Waals surface area contributed by atoms with Crippen molar-refractivity contribution < 1.29 is 18.3 Å². The van der Waals surface area contributed by atoms with Crippen molar-refractivity contribution in [2.75, 3.05) is 10.8 Å². The molecule has 0 aliphatic carbocycles. The predicted octanol–water partition coefficient (Wildman–Crippen LogP) is 1.71. The number of benzene rings is 1. The first-order valence-corrected chi connectivity index (χ1v) is 10.3. The molecule has 0 amide bonds. The van der Waals surface area contributed by atoms with Crippen LogP contribution in [0.25, 0.3) is 5.82 Å². The number of aryl methyl sites for hydroxylation is 1. The van der Waals surface area contributed by atoms with E-state index in [9.17, 15) is 18.0 Å². The summed E-state index contributed by atoms with van der Waals surface area (Å²) < 4.78 is 28.4. The lowest BCUT2D eigenvalue weighted by molar-refractivity contribution is -0.136. The number of sulfonamides is 1. The molecular formula is C19H20N4O5S. The normalized spacial score (nSPS) is 11.4. The number of carbonyl (C=O) groups is 1. The van der Waals surface area contributed by atoms with Gasteiger partial charge in [-0.25, -0.2) is 18.1 Å². The molecule has 0 atom stereocenters. The van der Waals surface area contributed by atoms with Crippen LogP contribution in [-0.2, 0) is 21.2 Å². The number of para-hydroxylation sites is 1. The van der Waals surface area contributed by atoms with E-state index in [1.165, 1.54) is 22.6 Å². The molecule has 2 heterocycles. The first-order chi connectivity index (χ1) is 13.8. The Labute approximate surface area is 167 Å². The first kappa shape index (κ1) is 20.3. The molecule has 3 rings (SSSR count). The monoisotopic (exact) mass is 416 g/mol. The number of nitrogens with zero attached hydrogens (tertiary/aromatic N) is 3. The van der Waals surface area contributed by atoms with Crippen molar-refractivity contribution >= 4 is 21.7 Å². The molecule has 0 aliphatic rings. The van der Waals surface area contributed by atoms with Crippen molar-refractivity contribution in [1.29, 1.82) is 0 Å². The summed E-state index contributed by atoms with van der Waals surface area (Å²) in [6.07, 6.45) is 0.763. The Morgan fingerprint density at radius 1 is 1.21 bits per heavy atom. The minimum atomic E-state index is -3.84. The summed E-state index contributed by atoms with van der Waals surface area (Å²) in [5.74, 6) is -0.956. The lowest BCUT2D eigenvalue weighted by atomic mass is 10.2. The number of carboxylic acids is 1. The predicted molar refractivity (Wildman–Crippen MR) is 107 cm³/mol. The summed E-state index contributed by atoms with van der Waals surface area (Å²) >= 11 is 0. The Bertz CT molecular complexity index is 1180. The third-order valence-corrected chi connectivity index (χ3v) is 6.28. The van der Waals surface area contributed by atoms with E-state index in [-0.39, 0.29) is 22.8 Å². The van der Waals surface area contributed by atoms with Crippen molar-refractivity contribution in [1.82, 2.24) is 14.8 Å². The Kier molecular flexibility index (Phi) is 5.55. The highest BCUT2D eigenvalue weighted by molar-refractivity contribution is 7.92. The lowest BCUT2D eigenvalue weighted by Gasteiger charge is -2.22. The van der Waals surface area contributed by atoms with Gasteiger partial charge in [0.05, 0.1) is 17.7 Å². The number of pyridine rings is 1. The van der Waals surface area contributed by atoms with E-state index < -0.39 is 28.0 Å². The number of nitrogens with one attached hydrogen (secondary N) is 1. The Balaban J connectivity index is 1.97. The molecule has 0 aliphatic heterocycles. The Morgan fingerprint density at radius 2 is 1.90 bits per heavy atom. The zero-order valence-corrected chi connectivity index (χ0v) is 16.7. The molecule has 1 aromatic carbocycles. The standard InChI is InChI=1S/C19H20N4O5S/c1-3-22(14-7-5-4-6-8-14)29(27,28)15-9-10-17(20-12-15)23-19(26)16(11-18(24)25)13(2)21-23/h4-10,12,21H,3,11H2,1-2H3,(H,24,25). The third kappa shape index (κ3) is 3.92. The highest BCUT2D eigenvalue weighted by atomic mass is 32.2. The largest absolute Gasteiger partial charge is 0.481 e. The van der Waals surface area contributed by atoms with Gasteiger partial charge in [-0.15, -0.1) is 0 Å². The number of aromatic amines is 1. The zero-order chi connectivity index (χ0) is 21.2. The summed E-state index contributed by atoms with van der Waals surface area (Å²) in [5, 5.41) is 11.7. The second-order valence-electron chi connectivity index (χ2n) is 6.28. The Hall–Kier alpha value is -3.40. The molecule has 0 radical (unpaired) electrons. The second-order valence-corrected chi connectivity index (χ2v) is 8.15. The first-order valence-electron chi connectivity index (χ1n) is 8.82. The highest BCUT2D eigenvalue weighted by Crippen LogP contribution is 2.23. The van der Waals surface area contributed by atoms with Gasteiger partial charge in [-0.3, -0.25) is 19.0 Å². The number of H-pyrrole nitrogens is 1. The quantitative estimate of drug-likeness (QED) is 0.604. The number of aliphatic carboxylic acids is 1. The van der Waals surface area contributed by atoms with E-state index in [1.54, 1.807) is 44.2 Å². The molecule has 0 bridgehead atoms. The van der Waals surface area contributed by atoms with E-state index in [0.29, 0.717) is 11.4 Å². The van der Waals surface area contributed by atoms with E-state index in [2.05, 4.69) is 10.1 Å². The molecule has 10 heteroatoms. The molecule has 0 fully saturated rings. The smallest absolute Gasteiger partial charge is 0.308 e. The highest BCUT2D eigenvalue weighted by Gasteiger charge is 2.24. The van der Waals surface area contributed by atoms with Gasteiger partial charge in [0.1, 0.15) is 4.90 Å². The summed E-state index contributed by atoms with van der Waals surface area (Å²) in [4.78, 5) is 27.5. The van der Waals surface area contributed by atoms with E-state index in [4.69, 9.17) is 5.11 Å². The minimum absolute atomic E-state index is 0.0194. The molecule has 29 heavy (non-hydrogen) atoms. The average molecular weight is 416 g/mol. The average Bonchev–Trinajstić information content (AvgIpc) is 2.97. The number of hydrogen-bond donors (Lipinski definition) is 2. The Morgan fingerprint density at radius 3 is 2.45 bits per heavy atom. The van der Waals surface area contributed by atoms with Crippen LogP contribution in [0.5, 0.6) is 0 Å². The van der Waals surface area contributed by atoms with Crippen LogP contribution in [0, 0.1) is 6.92 Å². The lowest BCUT2D eigenvalue weighted by Crippen LogP contribution is -2.31. The van der Waals surface area contributed by atoms with Crippen LogP contribution in [0.4, 0.5) is 5.69 Å². The van der Waals surface area contributed by atoms with Crippen LogP contribution in [0.1, 0.15) is 18.2 Å². The number of rotatable bonds is 7. The van der Waals surface area contributed by atoms with E-state index in [1.807, 2.05) is 0 Å². The maximum Gasteiger partial charge on any atom is 0.308 e. The molecule has 0 saturated carbocycles. The van der Waals surface area contributed by atoms with Crippen molar-refractivity contribution in [3.05, 3.63) is 70.3 Å². The maximum absolute atomic E-state index is 13.0. The van der Waals surface area contributed by atoms with Gasteiger partial charge >= 0.3 is 5.97 Å². The van der Waals surface area contributed by atoms with Crippen LogP contribution >= 0.6 is 0 Å². The summed E-state index contributed by atoms with van der Waals surface area (Å²) in [6, 6.07) is 11.5. The molecule has 2 N–H and O–H groups in total. The molecule has 9 nitrogen and oxygen atoms in total. The summed E-state index contributed by atoms with van der Waals surface area (Å²) in [5.41, 5.74) is 0.537. The van der Waals surface area contributed by atoms with Gasteiger partial charge in [-0.2, -0.15) is 0 Å². The fraction of sp³-hybridized carbons (Fsp3) is 0.211. The van der Waals surface area contributed by atoms with Crippen molar-refractivity contribution in [2.45, 2.75) is 25.2 Å². The molecule has 0 spiro atoms. The SMILES string of the molecule is CCN(c1ccccc1)S(=O)(=O)c1ccc(-n2[nH]c(C)c(CC(=O)O)c2=O)nc1. The van der Waals surface area contributed by atoms with Crippen molar-refractivity contribution in [3.63, 3.8) is 0 Å². The minimum Gasteiger partial charge on any atom is -0.481 e. The maximum atomic E-state index is 13.0. The summed E-state index contributed by atoms with van der Waals surface area (Å²) in [7, 11) is -3.84. The fourth-order valence-corrected chi connectivity index (χ4v) is 4.39. The van der Waals surface area contributed by atoms with Gasteiger partial charge < -0.3 is 5.11 Å². The second kappa shape index (κ2) is 7.92. The van der Waals surface area contributed by atoms with Crippen molar-refractivity contribution in [2.24, 2.45) is 0 Å². The van der Waals surface area contributed by atoms with Crippen LogP contribution in [-0.4, -0.2) is 40.8 Å².